The van der Waals surface area contributed by atoms with Crippen molar-refractivity contribution in [3.05, 3.63) is 42.6 Å². The van der Waals surface area contributed by atoms with E-state index in [4.69, 9.17) is 29.4 Å². The molecule has 16 nitrogen and oxygen atoms in total. The number of benzene rings is 1. The number of rotatable bonds is 10. The van der Waals surface area contributed by atoms with Crippen molar-refractivity contribution in [2.75, 3.05) is 39.7 Å². The fourth-order valence-electron chi connectivity index (χ4n) is 9.26. The van der Waals surface area contributed by atoms with Gasteiger partial charge in [-0.15, -0.1) is 5.10 Å². The number of hydrogen-bond acceptors (Lipinski definition) is 15. The SMILES string of the molecule is CC[C@H]1OC(=O)[C@H](C)C(=O)[C@H](C)[C@@H](O[C@@H]2OC(C)CC(N(C)C)C2O)[C@](C)(OC)C[C@@H](C)C(=O)[C@H](C)[C@H]2N(C/C=C\Cn3cc(-c4cccc(N)c4)nn3)C(=O)O[C@]12C.CSF. The number of aromatic nitrogens is 3. The van der Waals surface area contributed by atoms with Crippen LogP contribution in [0.25, 0.3) is 11.3 Å². The van der Waals surface area contributed by atoms with Gasteiger partial charge in [-0.25, -0.2) is 9.48 Å². The molecule has 2 aromatic rings. The number of methoxy groups -OCH3 is 1. The van der Waals surface area contributed by atoms with Gasteiger partial charge in [-0.1, -0.05) is 57.2 Å². The number of aliphatic hydroxyl groups is 1. The maximum absolute atomic E-state index is 14.7. The normalized spacial score (nSPS) is 35.0. The Hall–Kier alpha value is -3.94. The molecule has 3 saturated heterocycles. The largest absolute Gasteiger partial charge is 0.458 e. The van der Waals surface area contributed by atoms with Crippen molar-refractivity contribution in [1.82, 2.24) is 24.8 Å². The number of esters is 1. The average molecular weight is 891 g/mol. The first-order chi connectivity index (χ1) is 29.2. The number of anilines is 1. The summed E-state index contributed by atoms with van der Waals surface area (Å²) in [6.07, 6.45) is 2.52. The van der Waals surface area contributed by atoms with Gasteiger partial charge < -0.3 is 39.4 Å². The minimum absolute atomic E-state index is 0.0838. The molecule has 3 fully saturated rings. The summed E-state index contributed by atoms with van der Waals surface area (Å²) in [7, 11) is 5.21. The molecule has 3 aliphatic heterocycles. The molecule has 0 spiro atoms. The van der Waals surface area contributed by atoms with Crippen molar-refractivity contribution >= 4 is 41.5 Å². The van der Waals surface area contributed by atoms with Gasteiger partial charge >= 0.3 is 12.1 Å². The maximum Gasteiger partial charge on any atom is 0.411 e. The topological polar surface area (TPSA) is 198 Å². The van der Waals surface area contributed by atoms with Gasteiger partial charge in [-0.2, -0.15) is 3.89 Å². The average Bonchev–Trinajstić information content (AvgIpc) is 3.81. The molecule has 3 N–H and O–H groups in total. The van der Waals surface area contributed by atoms with E-state index in [1.165, 1.54) is 25.2 Å². The molecule has 0 saturated carbocycles. The third-order valence-corrected chi connectivity index (χ3v) is 12.6. The van der Waals surface area contributed by atoms with E-state index < -0.39 is 83.4 Å². The first-order valence-corrected chi connectivity index (χ1v) is 22.3. The van der Waals surface area contributed by atoms with Gasteiger partial charge in [0.1, 0.15) is 29.6 Å². The fourth-order valence-corrected chi connectivity index (χ4v) is 9.26. The molecule has 0 radical (unpaired) electrons. The summed E-state index contributed by atoms with van der Waals surface area (Å²) < 4.78 is 43.0. The van der Waals surface area contributed by atoms with Crippen LogP contribution in [0.5, 0.6) is 0 Å². The molecule has 0 aliphatic carbocycles. The number of likely N-dealkylation sites (N-methyl/N-ethyl adjacent to an activating group) is 1. The second-order valence-corrected chi connectivity index (χ2v) is 17.7. The van der Waals surface area contributed by atoms with Gasteiger partial charge in [-0.3, -0.25) is 19.3 Å². The zero-order valence-electron chi connectivity index (χ0n) is 38.1. The summed E-state index contributed by atoms with van der Waals surface area (Å²) in [5, 5.41) is 19.9. The van der Waals surface area contributed by atoms with E-state index in [1.807, 2.05) is 50.2 Å². The maximum atomic E-state index is 14.7. The highest BCUT2D eigenvalue weighted by molar-refractivity contribution is 7.93. The summed E-state index contributed by atoms with van der Waals surface area (Å²) in [6.45, 7) is 14.2. The van der Waals surface area contributed by atoms with E-state index in [1.54, 1.807) is 64.6 Å². The number of hydrogen-bond donors (Lipinski definition) is 2. The van der Waals surface area contributed by atoms with Gasteiger partial charge in [-0.05, 0) is 73.2 Å². The minimum Gasteiger partial charge on any atom is -0.458 e. The van der Waals surface area contributed by atoms with E-state index in [2.05, 4.69) is 10.3 Å². The van der Waals surface area contributed by atoms with E-state index in [0.29, 0.717) is 24.3 Å². The molecular weight excluding hydrogens is 824 g/mol. The fraction of sp³-hybridized carbons (Fsp3) is 0.682. The molecule has 1 amide bonds. The van der Waals surface area contributed by atoms with E-state index in [0.717, 1.165) is 5.56 Å². The van der Waals surface area contributed by atoms with Crippen LogP contribution in [-0.4, -0.2) is 142 Å². The summed E-state index contributed by atoms with van der Waals surface area (Å²) in [5.74, 6) is -5.15. The van der Waals surface area contributed by atoms with Crippen molar-refractivity contribution < 1.29 is 51.9 Å². The Morgan fingerprint density at radius 1 is 1.06 bits per heavy atom. The quantitative estimate of drug-likeness (QED) is 0.131. The van der Waals surface area contributed by atoms with Crippen LogP contribution in [0.1, 0.15) is 74.7 Å². The van der Waals surface area contributed by atoms with Gasteiger partial charge in [0.25, 0.3) is 0 Å². The van der Waals surface area contributed by atoms with Crippen LogP contribution in [0, 0.1) is 23.7 Å². The third kappa shape index (κ3) is 11.2. The second kappa shape index (κ2) is 21.6. The van der Waals surface area contributed by atoms with Crippen LogP contribution >= 0.6 is 12.1 Å². The van der Waals surface area contributed by atoms with Crippen LogP contribution in [0.4, 0.5) is 14.4 Å². The summed E-state index contributed by atoms with van der Waals surface area (Å²) in [5.41, 5.74) is 5.30. The minimum atomic E-state index is -1.45. The molecule has 3 unspecified atom stereocenters. The number of fused-ring (bicyclic) bond motifs is 1. The Labute approximate surface area is 369 Å². The smallest absolute Gasteiger partial charge is 0.411 e. The number of amides is 1. The first-order valence-electron chi connectivity index (χ1n) is 21.2. The second-order valence-electron chi connectivity index (χ2n) is 17.4. The van der Waals surface area contributed by atoms with Gasteiger partial charge in [0.05, 0.1) is 36.6 Å². The summed E-state index contributed by atoms with van der Waals surface area (Å²) in [6, 6.07) is 6.20. The van der Waals surface area contributed by atoms with Crippen molar-refractivity contribution in [3.8, 4) is 11.3 Å². The Kier molecular flexibility index (Phi) is 17.7. The Morgan fingerprint density at radius 3 is 2.34 bits per heavy atom. The predicted molar refractivity (Wildman–Crippen MR) is 233 cm³/mol. The molecule has 18 heteroatoms. The highest BCUT2D eigenvalue weighted by Gasteiger charge is 2.60. The highest BCUT2D eigenvalue weighted by atomic mass is 32.2. The monoisotopic (exact) mass is 890 g/mol. The molecule has 346 valence electrons. The number of ether oxygens (including phenoxy) is 5. The highest BCUT2D eigenvalue weighted by Crippen LogP contribution is 2.43. The Bertz CT molecular complexity index is 1890. The number of allylic oxidation sites excluding steroid dienone is 1. The number of carbonyl (C=O) groups is 4. The zero-order valence-corrected chi connectivity index (χ0v) is 39.0. The lowest BCUT2D eigenvalue weighted by molar-refractivity contribution is -0.295. The van der Waals surface area contributed by atoms with Gasteiger partial charge in [0.15, 0.2) is 17.7 Å². The molecule has 62 heavy (non-hydrogen) atoms. The zero-order chi connectivity index (χ0) is 46.3. The van der Waals surface area contributed by atoms with Crippen molar-refractivity contribution in [2.24, 2.45) is 23.7 Å². The standard InChI is InChI=1S/C43H64N6O10.CH3FS/c1-12-33-43(8)37(49(41(54)59-43)19-14-13-18-48-23-31(45-46-48)29-16-15-17-30(44)21-29)26(4)34(50)24(2)22-42(7,55-11)38(27(5)35(51)28(6)39(53)57-33)58-40-36(52)32(47(9)10)20-25(3)56-40;1-3-2/h13-17,21,23-28,32-33,36-38,40,52H,12,18-20,22,44H2,1-11H3;1H3/b14-13-;/t24-,25?,26+,27+,28-,32?,33-,36?,37-,38-,40+,42-,43-;/m1./s1. The predicted octanol–water partition coefficient (Wildman–Crippen LogP) is 5.52. The van der Waals surface area contributed by atoms with E-state index in [9.17, 15) is 28.2 Å². The van der Waals surface area contributed by atoms with Crippen LogP contribution in [0.15, 0.2) is 42.6 Å². The van der Waals surface area contributed by atoms with Crippen LogP contribution in [0.3, 0.4) is 0 Å². The lowest BCUT2D eigenvalue weighted by Gasteiger charge is -2.47. The lowest BCUT2D eigenvalue weighted by Crippen LogP contribution is -2.60. The van der Waals surface area contributed by atoms with Crippen molar-refractivity contribution in [1.29, 1.82) is 0 Å². The summed E-state index contributed by atoms with van der Waals surface area (Å²) >= 11 is 0.250. The van der Waals surface area contributed by atoms with Crippen molar-refractivity contribution in [3.63, 3.8) is 0 Å². The summed E-state index contributed by atoms with van der Waals surface area (Å²) in [4.78, 5) is 60.2. The number of nitrogens with two attached hydrogens (primary N) is 1. The molecule has 1 aromatic heterocycles. The number of ketones is 2. The number of nitrogen functional groups attached to an aromatic ring is 1. The van der Waals surface area contributed by atoms with E-state index >= 15 is 0 Å². The lowest BCUT2D eigenvalue weighted by atomic mass is 9.73. The third-order valence-electron chi connectivity index (χ3n) is 12.6. The molecule has 5 rings (SSSR count). The molecule has 13 atom stereocenters. The molecule has 4 heterocycles. The van der Waals surface area contributed by atoms with Crippen LogP contribution in [-0.2, 0) is 44.6 Å². The number of nitrogens with zero attached hydrogens (tertiary/aromatic N) is 5. The Morgan fingerprint density at radius 2 is 1.73 bits per heavy atom. The van der Waals surface area contributed by atoms with E-state index in [-0.39, 0.29) is 49.5 Å². The first kappa shape index (κ1) is 50.7. The molecule has 3 aliphatic rings. The van der Waals surface area contributed by atoms with Crippen LogP contribution in [0.2, 0.25) is 0 Å². The number of Topliss-reactive ketones (excluding diaryl/α,β-unsaturated/α-hetero) is 2. The van der Waals surface area contributed by atoms with Crippen LogP contribution < -0.4 is 5.73 Å². The molecule has 1 aromatic carbocycles. The van der Waals surface area contributed by atoms with Gasteiger partial charge in [0, 0.05) is 67.1 Å². The number of cyclic esters (lactones) is 1. The molecular formula is C44H67FN6O10S. The number of carbonyl (C=O) groups excluding carboxylic acids is 4. The van der Waals surface area contributed by atoms with Crippen molar-refractivity contribution in [2.45, 2.75) is 135 Å². The molecule has 0 bridgehead atoms. The van der Waals surface area contributed by atoms with Gasteiger partial charge in [0.2, 0.25) is 0 Å². The number of aliphatic hydroxyl groups excluding tert-OH is 1. The number of halogens is 1. The Balaban J connectivity index is 0.00000273.